The fourth-order valence-electron chi connectivity index (χ4n) is 3.79. The van der Waals surface area contributed by atoms with Crippen molar-refractivity contribution >= 4 is 23.0 Å². The zero-order chi connectivity index (χ0) is 21.0. The van der Waals surface area contributed by atoms with Crippen LogP contribution in [-0.2, 0) is 23.7 Å². The summed E-state index contributed by atoms with van der Waals surface area (Å²) in [6.45, 7) is 7.58. The van der Waals surface area contributed by atoms with Gasteiger partial charge in [0, 0.05) is 6.07 Å². The van der Waals surface area contributed by atoms with Crippen LogP contribution in [0.25, 0.3) is 0 Å². The molecule has 10 heteroatoms. The zero-order valence-electron chi connectivity index (χ0n) is 16.5. The normalized spacial score (nSPS) is 34.8. The summed E-state index contributed by atoms with van der Waals surface area (Å²) in [6.07, 6.45) is -1.90. The Bertz CT molecular complexity index is 809. The number of nitrogens with one attached hydrogen (secondary N) is 2. The summed E-state index contributed by atoms with van der Waals surface area (Å²) >= 11 is 5.35. The molecule has 3 aliphatic heterocycles. The third kappa shape index (κ3) is 4.37. The van der Waals surface area contributed by atoms with E-state index in [1.54, 1.807) is 13.8 Å². The second kappa shape index (κ2) is 7.36. The van der Waals surface area contributed by atoms with E-state index in [-0.39, 0.29) is 16.9 Å². The van der Waals surface area contributed by atoms with Gasteiger partial charge in [-0.2, -0.15) is 0 Å². The van der Waals surface area contributed by atoms with Crippen molar-refractivity contribution in [1.82, 2.24) is 5.32 Å². The fraction of sp³-hybridized carbons (Fsp3) is 0.632. The molecular formula is C19H24F2N2O5S. The number of hydrogen-bond acceptors (Lipinski definition) is 6. The predicted molar refractivity (Wildman–Crippen MR) is 103 cm³/mol. The molecule has 0 aliphatic carbocycles. The molecule has 1 unspecified atom stereocenters. The number of halogens is 2. The monoisotopic (exact) mass is 430 g/mol. The Labute approximate surface area is 173 Å². The van der Waals surface area contributed by atoms with Crippen LogP contribution in [0.1, 0.15) is 27.7 Å². The molecule has 29 heavy (non-hydrogen) atoms. The van der Waals surface area contributed by atoms with Gasteiger partial charge in [0.05, 0.1) is 18.3 Å². The van der Waals surface area contributed by atoms with E-state index in [1.165, 1.54) is 6.07 Å². The van der Waals surface area contributed by atoms with Crippen molar-refractivity contribution in [3.05, 3.63) is 29.8 Å². The molecule has 2 N–H and O–H groups in total. The van der Waals surface area contributed by atoms with Gasteiger partial charge in [0.2, 0.25) is 0 Å². The average Bonchev–Trinajstić information content (AvgIpc) is 3.20. The van der Waals surface area contributed by atoms with Crippen molar-refractivity contribution in [3.63, 3.8) is 0 Å². The minimum atomic E-state index is -0.815. The molecule has 5 atom stereocenters. The lowest BCUT2D eigenvalue weighted by Gasteiger charge is -2.30. The van der Waals surface area contributed by atoms with E-state index in [0.717, 1.165) is 12.1 Å². The molecule has 7 nitrogen and oxygen atoms in total. The number of hydrogen-bond donors (Lipinski definition) is 2. The number of benzene rings is 1. The molecule has 0 spiro atoms. The lowest BCUT2D eigenvalue weighted by molar-refractivity contribution is -0.223. The zero-order valence-corrected chi connectivity index (χ0v) is 17.3. The number of thiocarbonyl (C=S) groups is 1. The molecule has 0 aromatic heterocycles. The maximum Gasteiger partial charge on any atom is 0.189 e. The maximum atomic E-state index is 14.0. The molecular weight excluding hydrogens is 406 g/mol. The van der Waals surface area contributed by atoms with Crippen LogP contribution in [0.2, 0.25) is 0 Å². The van der Waals surface area contributed by atoms with Gasteiger partial charge in [-0.3, -0.25) is 0 Å². The van der Waals surface area contributed by atoms with Gasteiger partial charge in [-0.15, -0.1) is 0 Å². The molecule has 3 heterocycles. The summed E-state index contributed by atoms with van der Waals surface area (Å²) in [5.74, 6) is -2.96. The standard InChI is InChI=1S/C19H24F2N2O5S/c1-18(2)24-8-12(26-18)14-13(15-16(25-14)28-19(3,4)27-15)23-17(29)22-11-6-5-9(20)7-10(11)21/h5-7,12-16H,8H2,1-4H3,(H2,22,23,29)/t12?,13-,14-,15-,16-/m1/s1. The summed E-state index contributed by atoms with van der Waals surface area (Å²) < 4.78 is 56.6. The van der Waals surface area contributed by atoms with E-state index in [4.69, 9.17) is 35.9 Å². The first-order valence-electron chi connectivity index (χ1n) is 9.38. The molecule has 3 aliphatic rings. The Morgan fingerprint density at radius 3 is 2.48 bits per heavy atom. The molecule has 0 radical (unpaired) electrons. The molecule has 160 valence electrons. The Morgan fingerprint density at radius 2 is 1.83 bits per heavy atom. The van der Waals surface area contributed by atoms with E-state index >= 15 is 0 Å². The Balaban J connectivity index is 1.50. The van der Waals surface area contributed by atoms with Gasteiger partial charge < -0.3 is 34.3 Å². The number of anilines is 1. The lowest BCUT2D eigenvalue weighted by atomic mass is 10.0. The van der Waals surface area contributed by atoms with E-state index in [0.29, 0.717) is 6.61 Å². The second-order valence-corrected chi connectivity index (χ2v) is 8.59. The molecule has 1 aromatic rings. The number of fused-ring (bicyclic) bond motifs is 1. The van der Waals surface area contributed by atoms with Gasteiger partial charge in [0.1, 0.15) is 29.9 Å². The minimum absolute atomic E-state index is 0.0569. The molecule has 4 rings (SSSR count). The van der Waals surface area contributed by atoms with Gasteiger partial charge in [-0.25, -0.2) is 8.78 Å². The molecule has 1 aromatic carbocycles. The first kappa shape index (κ1) is 20.8. The van der Waals surface area contributed by atoms with Crippen LogP contribution in [0.3, 0.4) is 0 Å². The highest BCUT2D eigenvalue weighted by Crippen LogP contribution is 2.40. The molecule has 0 saturated carbocycles. The summed E-state index contributed by atoms with van der Waals surface area (Å²) in [7, 11) is 0. The number of rotatable bonds is 3. The van der Waals surface area contributed by atoms with E-state index in [9.17, 15) is 8.78 Å². The summed E-state index contributed by atoms with van der Waals surface area (Å²) in [5, 5.41) is 6.01. The van der Waals surface area contributed by atoms with Crippen LogP contribution in [-0.4, -0.2) is 53.9 Å². The van der Waals surface area contributed by atoms with Crippen LogP contribution in [0.15, 0.2) is 18.2 Å². The Kier molecular flexibility index (Phi) is 5.29. The largest absolute Gasteiger partial charge is 0.354 e. The van der Waals surface area contributed by atoms with Crippen molar-refractivity contribution < 1.29 is 32.5 Å². The van der Waals surface area contributed by atoms with Crippen molar-refractivity contribution in [2.75, 3.05) is 11.9 Å². The Morgan fingerprint density at radius 1 is 1.07 bits per heavy atom. The third-order valence-electron chi connectivity index (χ3n) is 4.96. The smallest absolute Gasteiger partial charge is 0.189 e. The predicted octanol–water partition coefficient (Wildman–Crippen LogP) is 2.65. The van der Waals surface area contributed by atoms with Crippen LogP contribution in [0.5, 0.6) is 0 Å². The van der Waals surface area contributed by atoms with E-state index < -0.39 is 47.7 Å². The fourth-order valence-corrected chi connectivity index (χ4v) is 4.04. The quantitative estimate of drug-likeness (QED) is 0.710. The first-order valence-corrected chi connectivity index (χ1v) is 9.79. The second-order valence-electron chi connectivity index (χ2n) is 8.18. The van der Waals surface area contributed by atoms with Gasteiger partial charge in [-0.1, -0.05) is 0 Å². The topological polar surface area (TPSA) is 70.2 Å². The van der Waals surface area contributed by atoms with Crippen LogP contribution >= 0.6 is 12.2 Å². The highest BCUT2D eigenvalue weighted by atomic mass is 32.1. The SMILES string of the molecule is CC1(C)OCC([C@H]2O[C@@H]3OC(C)(C)O[C@@H]3[C@@H]2NC(=S)Nc2ccc(F)cc2F)O1. The van der Waals surface area contributed by atoms with Crippen molar-refractivity contribution in [1.29, 1.82) is 0 Å². The molecule has 3 saturated heterocycles. The highest BCUT2D eigenvalue weighted by Gasteiger charge is 2.58. The van der Waals surface area contributed by atoms with Crippen molar-refractivity contribution in [2.45, 2.75) is 69.9 Å². The Hall–Kier alpha value is -1.43. The van der Waals surface area contributed by atoms with Gasteiger partial charge in [0.25, 0.3) is 0 Å². The van der Waals surface area contributed by atoms with Crippen LogP contribution in [0.4, 0.5) is 14.5 Å². The van der Waals surface area contributed by atoms with Gasteiger partial charge >= 0.3 is 0 Å². The lowest BCUT2D eigenvalue weighted by Crippen LogP contribution is -2.53. The summed E-state index contributed by atoms with van der Waals surface area (Å²) in [5.41, 5.74) is 0.0569. The van der Waals surface area contributed by atoms with E-state index in [2.05, 4.69) is 10.6 Å². The average molecular weight is 430 g/mol. The minimum Gasteiger partial charge on any atom is -0.354 e. The third-order valence-corrected chi connectivity index (χ3v) is 5.18. The van der Waals surface area contributed by atoms with Crippen LogP contribution in [0, 0.1) is 11.6 Å². The highest BCUT2D eigenvalue weighted by molar-refractivity contribution is 7.80. The molecule has 3 fully saturated rings. The van der Waals surface area contributed by atoms with Crippen molar-refractivity contribution in [3.8, 4) is 0 Å². The van der Waals surface area contributed by atoms with Gasteiger partial charge in [-0.05, 0) is 52.0 Å². The summed E-state index contributed by atoms with van der Waals surface area (Å²) in [4.78, 5) is 0. The first-order chi connectivity index (χ1) is 13.5. The summed E-state index contributed by atoms with van der Waals surface area (Å²) in [6, 6.07) is 2.77. The van der Waals surface area contributed by atoms with Crippen LogP contribution < -0.4 is 10.6 Å². The van der Waals surface area contributed by atoms with Gasteiger partial charge in [0.15, 0.2) is 23.0 Å². The molecule has 0 bridgehead atoms. The number of ether oxygens (including phenoxy) is 5. The van der Waals surface area contributed by atoms with Crippen molar-refractivity contribution in [2.24, 2.45) is 0 Å². The van der Waals surface area contributed by atoms with E-state index in [1.807, 2.05) is 13.8 Å². The maximum absolute atomic E-state index is 14.0. The molecule has 0 amide bonds.